The van der Waals surface area contributed by atoms with E-state index in [1.807, 2.05) is 38.1 Å². The van der Waals surface area contributed by atoms with E-state index in [0.717, 1.165) is 37.1 Å². The van der Waals surface area contributed by atoms with Crippen LogP contribution >= 0.6 is 0 Å². The Morgan fingerprint density at radius 1 is 1.41 bits per heavy atom. The summed E-state index contributed by atoms with van der Waals surface area (Å²) in [7, 11) is 0. The first-order chi connectivity index (χ1) is 10.6. The molecule has 0 radical (unpaired) electrons. The number of urea groups is 1. The summed E-state index contributed by atoms with van der Waals surface area (Å²) in [6.45, 7) is 5.38. The van der Waals surface area contributed by atoms with Gasteiger partial charge in [-0.1, -0.05) is 12.1 Å². The highest BCUT2D eigenvalue weighted by atomic mass is 16.5. The minimum absolute atomic E-state index is 0.0209. The van der Waals surface area contributed by atoms with Crippen molar-refractivity contribution < 1.29 is 14.6 Å². The minimum Gasteiger partial charge on any atom is -0.491 e. The summed E-state index contributed by atoms with van der Waals surface area (Å²) < 4.78 is 5.60. The zero-order valence-electron chi connectivity index (χ0n) is 13.4. The van der Waals surface area contributed by atoms with Crippen molar-refractivity contribution >= 4 is 6.03 Å². The lowest BCUT2D eigenvalue weighted by molar-refractivity contribution is 0.157. The van der Waals surface area contributed by atoms with Gasteiger partial charge in [0.25, 0.3) is 0 Å². The van der Waals surface area contributed by atoms with Gasteiger partial charge < -0.3 is 20.1 Å². The maximum absolute atomic E-state index is 12.1. The zero-order valence-corrected chi connectivity index (χ0v) is 13.4. The lowest BCUT2D eigenvalue weighted by Gasteiger charge is -2.23. The molecule has 2 N–H and O–H groups in total. The lowest BCUT2D eigenvalue weighted by Crippen LogP contribution is -2.44. The number of rotatable bonds is 6. The Labute approximate surface area is 132 Å². The molecule has 0 bridgehead atoms. The molecule has 1 aromatic carbocycles. The van der Waals surface area contributed by atoms with Crippen LogP contribution in [0.15, 0.2) is 24.3 Å². The van der Waals surface area contributed by atoms with Crippen LogP contribution in [-0.4, -0.2) is 47.9 Å². The Bertz CT molecular complexity index is 473. The molecule has 22 heavy (non-hydrogen) atoms. The number of nitrogens with zero attached hydrogens (tertiary/aromatic N) is 1. The number of hydrogen-bond donors (Lipinski definition) is 2. The van der Waals surface area contributed by atoms with Gasteiger partial charge in [0.15, 0.2) is 0 Å². The number of carbonyl (C=O) groups is 1. The fourth-order valence-electron chi connectivity index (χ4n) is 2.72. The Balaban J connectivity index is 1.75. The van der Waals surface area contributed by atoms with Crippen molar-refractivity contribution in [1.29, 1.82) is 0 Å². The first-order valence-electron chi connectivity index (χ1n) is 8.01. The number of aliphatic hydroxyl groups is 1. The van der Waals surface area contributed by atoms with E-state index in [-0.39, 0.29) is 24.8 Å². The van der Waals surface area contributed by atoms with Crippen LogP contribution in [0.1, 0.15) is 32.3 Å². The quantitative estimate of drug-likeness (QED) is 0.847. The van der Waals surface area contributed by atoms with Crippen molar-refractivity contribution in [3.63, 3.8) is 0 Å². The number of carbonyl (C=O) groups excluding carboxylic acids is 1. The molecule has 1 atom stereocenters. The highest BCUT2D eigenvalue weighted by Gasteiger charge is 2.27. The first-order valence-corrected chi connectivity index (χ1v) is 8.01. The maximum Gasteiger partial charge on any atom is 0.317 e. The second-order valence-corrected chi connectivity index (χ2v) is 5.96. The summed E-state index contributed by atoms with van der Waals surface area (Å²) >= 11 is 0. The molecule has 1 fully saturated rings. The summed E-state index contributed by atoms with van der Waals surface area (Å²) in [5, 5.41) is 12.2. The molecule has 0 aliphatic carbocycles. The molecule has 1 unspecified atom stereocenters. The Kier molecular flexibility index (Phi) is 6.07. The molecule has 0 saturated carbocycles. The minimum atomic E-state index is -0.0729. The molecule has 1 aliphatic heterocycles. The first kappa shape index (κ1) is 16.6. The molecule has 5 nitrogen and oxygen atoms in total. The van der Waals surface area contributed by atoms with E-state index >= 15 is 0 Å². The van der Waals surface area contributed by atoms with E-state index in [2.05, 4.69) is 5.32 Å². The topological polar surface area (TPSA) is 61.8 Å². The fraction of sp³-hybridized carbons (Fsp3) is 0.588. The highest BCUT2D eigenvalue weighted by molar-refractivity contribution is 5.74. The Morgan fingerprint density at radius 2 is 2.14 bits per heavy atom. The van der Waals surface area contributed by atoms with Crippen LogP contribution in [0.3, 0.4) is 0 Å². The molecule has 1 heterocycles. The Hall–Kier alpha value is -1.75. The number of hydrogen-bond acceptors (Lipinski definition) is 3. The van der Waals surface area contributed by atoms with Gasteiger partial charge in [0.05, 0.1) is 18.8 Å². The predicted octanol–water partition coefficient (Wildman–Crippen LogP) is 2.18. The number of amides is 2. The summed E-state index contributed by atoms with van der Waals surface area (Å²) in [5.74, 6) is 0.866. The summed E-state index contributed by atoms with van der Waals surface area (Å²) in [6, 6.07) is 7.87. The summed E-state index contributed by atoms with van der Waals surface area (Å²) in [4.78, 5) is 13.8. The fourth-order valence-corrected chi connectivity index (χ4v) is 2.72. The summed E-state index contributed by atoms with van der Waals surface area (Å²) in [6.07, 6.45) is 2.81. The average molecular weight is 306 g/mol. The monoisotopic (exact) mass is 306 g/mol. The van der Waals surface area contributed by atoms with Gasteiger partial charge in [-0.25, -0.2) is 4.79 Å². The molecular formula is C17H26N2O3. The molecule has 1 aliphatic rings. The van der Waals surface area contributed by atoms with Crippen LogP contribution in [-0.2, 0) is 6.42 Å². The van der Waals surface area contributed by atoms with E-state index in [1.54, 1.807) is 4.90 Å². The van der Waals surface area contributed by atoms with Crippen LogP contribution < -0.4 is 10.1 Å². The largest absolute Gasteiger partial charge is 0.491 e. The number of aliphatic hydroxyl groups excluding tert-OH is 1. The second kappa shape index (κ2) is 8.03. The van der Waals surface area contributed by atoms with Gasteiger partial charge in [-0.15, -0.1) is 0 Å². The predicted molar refractivity (Wildman–Crippen MR) is 86.1 cm³/mol. The molecule has 122 valence electrons. The lowest BCUT2D eigenvalue weighted by atomic mass is 10.1. The van der Waals surface area contributed by atoms with E-state index in [0.29, 0.717) is 6.54 Å². The van der Waals surface area contributed by atoms with Gasteiger partial charge >= 0.3 is 6.03 Å². The molecule has 1 saturated heterocycles. The number of benzene rings is 1. The number of ether oxygens (including phenoxy) is 1. The average Bonchev–Trinajstić information content (AvgIpc) is 2.97. The van der Waals surface area contributed by atoms with Crippen LogP contribution in [0.2, 0.25) is 0 Å². The van der Waals surface area contributed by atoms with E-state index in [1.165, 1.54) is 0 Å². The highest BCUT2D eigenvalue weighted by Crippen LogP contribution is 2.16. The molecule has 0 aromatic heterocycles. The second-order valence-electron chi connectivity index (χ2n) is 5.96. The third-order valence-electron chi connectivity index (χ3n) is 3.83. The van der Waals surface area contributed by atoms with Crippen molar-refractivity contribution in [1.82, 2.24) is 10.2 Å². The normalized spacial score (nSPS) is 17.8. The van der Waals surface area contributed by atoms with Crippen molar-refractivity contribution in [3.8, 4) is 5.75 Å². The molecule has 2 amide bonds. The van der Waals surface area contributed by atoms with Crippen molar-refractivity contribution in [2.75, 3.05) is 19.7 Å². The van der Waals surface area contributed by atoms with Crippen LogP contribution in [0.25, 0.3) is 0 Å². The van der Waals surface area contributed by atoms with Gasteiger partial charge in [-0.3, -0.25) is 0 Å². The smallest absolute Gasteiger partial charge is 0.317 e. The van der Waals surface area contributed by atoms with Crippen LogP contribution in [0.4, 0.5) is 4.79 Å². The van der Waals surface area contributed by atoms with Crippen molar-refractivity contribution in [3.05, 3.63) is 29.8 Å². The molecule has 5 heteroatoms. The molecule has 2 rings (SSSR count). The zero-order chi connectivity index (χ0) is 15.9. The SMILES string of the molecule is CC(C)Oc1ccc(CCNC(=O)N2CCCC2CO)cc1. The van der Waals surface area contributed by atoms with Crippen LogP contribution in [0, 0.1) is 0 Å². The third-order valence-corrected chi connectivity index (χ3v) is 3.83. The number of nitrogens with one attached hydrogen (secondary N) is 1. The molecule has 0 spiro atoms. The van der Waals surface area contributed by atoms with Gasteiger partial charge in [-0.2, -0.15) is 0 Å². The Morgan fingerprint density at radius 3 is 2.77 bits per heavy atom. The van der Waals surface area contributed by atoms with E-state index in [9.17, 15) is 9.90 Å². The summed E-state index contributed by atoms with van der Waals surface area (Å²) in [5.41, 5.74) is 1.16. The van der Waals surface area contributed by atoms with Crippen molar-refractivity contribution in [2.24, 2.45) is 0 Å². The van der Waals surface area contributed by atoms with Gasteiger partial charge in [0.1, 0.15) is 5.75 Å². The van der Waals surface area contributed by atoms with E-state index < -0.39 is 0 Å². The standard InChI is InChI=1S/C17H26N2O3/c1-13(2)22-16-7-5-14(6-8-16)9-10-18-17(21)19-11-3-4-15(19)12-20/h5-8,13,15,20H,3-4,9-12H2,1-2H3,(H,18,21). The van der Waals surface area contributed by atoms with Crippen molar-refractivity contribution in [2.45, 2.75) is 45.3 Å². The van der Waals surface area contributed by atoms with Crippen LogP contribution in [0.5, 0.6) is 5.75 Å². The molecule has 1 aromatic rings. The van der Waals surface area contributed by atoms with Gasteiger partial charge in [0.2, 0.25) is 0 Å². The van der Waals surface area contributed by atoms with Gasteiger partial charge in [0, 0.05) is 13.1 Å². The number of likely N-dealkylation sites (tertiary alicyclic amines) is 1. The third kappa shape index (κ3) is 4.63. The van der Waals surface area contributed by atoms with Gasteiger partial charge in [-0.05, 0) is 50.8 Å². The maximum atomic E-state index is 12.1. The van der Waals surface area contributed by atoms with E-state index in [4.69, 9.17) is 4.74 Å². The molecular weight excluding hydrogens is 280 g/mol.